The lowest BCUT2D eigenvalue weighted by atomic mass is 10.2. The van der Waals surface area contributed by atoms with E-state index in [1.807, 2.05) is 17.0 Å². The Labute approximate surface area is 106 Å². The van der Waals surface area contributed by atoms with Crippen LogP contribution in [0.4, 0.5) is 5.82 Å². The van der Waals surface area contributed by atoms with E-state index >= 15 is 0 Å². The van der Waals surface area contributed by atoms with Gasteiger partial charge in [-0.25, -0.2) is 4.98 Å². The van der Waals surface area contributed by atoms with E-state index in [2.05, 4.69) is 10.3 Å². The van der Waals surface area contributed by atoms with Crippen LogP contribution in [0.15, 0.2) is 18.2 Å². The highest BCUT2D eigenvalue weighted by Crippen LogP contribution is 2.26. The van der Waals surface area contributed by atoms with Crippen molar-refractivity contribution in [3.63, 3.8) is 0 Å². The van der Waals surface area contributed by atoms with Crippen molar-refractivity contribution in [1.82, 2.24) is 9.88 Å². The van der Waals surface area contributed by atoms with E-state index in [0.717, 1.165) is 18.7 Å². The summed E-state index contributed by atoms with van der Waals surface area (Å²) in [6.07, 6.45) is 2.58. The van der Waals surface area contributed by atoms with E-state index in [-0.39, 0.29) is 18.1 Å². The number of carbonyl (C=O) groups is 1. The molecule has 0 aromatic carbocycles. The Balaban J connectivity index is 1.77. The first-order valence-electron chi connectivity index (χ1n) is 6.36. The van der Waals surface area contributed by atoms with Crippen LogP contribution in [0.3, 0.4) is 0 Å². The molecule has 0 radical (unpaired) electrons. The number of pyridine rings is 1. The zero-order valence-electron chi connectivity index (χ0n) is 10.4. The van der Waals surface area contributed by atoms with Gasteiger partial charge in [-0.3, -0.25) is 4.79 Å². The normalized spacial score (nSPS) is 26.2. The standard InChI is InChI=1S/C13H17N3O2/c1-14-12-4-2-3-11(15-12)13(17)16-7-9-5-6-10(8-16)18-9/h2-4,9-10H,5-8H2,1H3,(H,14,15). The van der Waals surface area contributed by atoms with E-state index in [9.17, 15) is 4.79 Å². The number of rotatable bonds is 2. The quantitative estimate of drug-likeness (QED) is 0.851. The fraction of sp³-hybridized carbons (Fsp3) is 0.538. The van der Waals surface area contributed by atoms with Crippen molar-refractivity contribution in [3.05, 3.63) is 23.9 Å². The van der Waals surface area contributed by atoms with Gasteiger partial charge in [0, 0.05) is 20.1 Å². The van der Waals surface area contributed by atoms with Crippen molar-refractivity contribution in [2.75, 3.05) is 25.5 Å². The number of hydrogen-bond acceptors (Lipinski definition) is 4. The van der Waals surface area contributed by atoms with Crippen LogP contribution < -0.4 is 5.32 Å². The number of fused-ring (bicyclic) bond motifs is 2. The lowest BCUT2D eigenvalue weighted by Gasteiger charge is -2.31. The van der Waals surface area contributed by atoms with Crippen LogP contribution in [0.1, 0.15) is 23.3 Å². The van der Waals surface area contributed by atoms with Crippen LogP contribution in [-0.2, 0) is 4.74 Å². The molecule has 2 aliphatic rings. The molecule has 1 N–H and O–H groups in total. The summed E-state index contributed by atoms with van der Waals surface area (Å²) >= 11 is 0. The third-order valence-corrected chi connectivity index (χ3v) is 3.56. The maximum absolute atomic E-state index is 12.4. The van der Waals surface area contributed by atoms with E-state index < -0.39 is 0 Å². The van der Waals surface area contributed by atoms with Crippen LogP contribution in [0.5, 0.6) is 0 Å². The zero-order chi connectivity index (χ0) is 12.5. The SMILES string of the molecule is CNc1cccc(C(=O)N2CC3CCC(C2)O3)n1. The number of carbonyl (C=O) groups excluding carboxylic acids is 1. The second-order valence-corrected chi connectivity index (χ2v) is 4.83. The first kappa shape index (κ1) is 11.5. The molecule has 2 unspecified atom stereocenters. The maximum atomic E-state index is 12.4. The van der Waals surface area contributed by atoms with Gasteiger partial charge >= 0.3 is 0 Å². The van der Waals surface area contributed by atoms with Crippen molar-refractivity contribution in [2.24, 2.45) is 0 Å². The van der Waals surface area contributed by atoms with Crippen molar-refractivity contribution >= 4 is 11.7 Å². The Morgan fingerprint density at radius 3 is 2.78 bits per heavy atom. The fourth-order valence-electron chi connectivity index (χ4n) is 2.64. The molecule has 1 amide bonds. The van der Waals surface area contributed by atoms with Crippen LogP contribution in [0, 0.1) is 0 Å². The molecule has 3 rings (SSSR count). The van der Waals surface area contributed by atoms with Crippen molar-refractivity contribution in [3.8, 4) is 0 Å². The maximum Gasteiger partial charge on any atom is 0.272 e. The van der Waals surface area contributed by atoms with Gasteiger partial charge in [0.05, 0.1) is 12.2 Å². The number of nitrogens with zero attached hydrogens (tertiary/aromatic N) is 2. The Hall–Kier alpha value is -1.62. The van der Waals surface area contributed by atoms with Crippen molar-refractivity contribution in [1.29, 1.82) is 0 Å². The second kappa shape index (κ2) is 4.57. The van der Waals surface area contributed by atoms with Crippen molar-refractivity contribution < 1.29 is 9.53 Å². The number of likely N-dealkylation sites (tertiary alicyclic amines) is 1. The Bertz CT molecular complexity index is 451. The van der Waals surface area contributed by atoms with Crippen LogP contribution >= 0.6 is 0 Å². The van der Waals surface area contributed by atoms with Crippen molar-refractivity contribution in [2.45, 2.75) is 25.0 Å². The summed E-state index contributed by atoms with van der Waals surface area (Å²) in [4.78, 5) is 18.5. The van der Waals surface area contributed by atoms with Crippen LogP contribution in [0.25, 0.3) is 0 Å². The van der Waals surface area contributed by atoms with Gasteiger partial charge in [-0.1, -0.05) is 6.07 Å². The average Bonchev–Trinajstić information content (AvgIpc) is 2.76. The molecular weight excluding hydrogens is 230 g/mol. The van der Waals surface area contributed by atoms with Gasteiger partial charge in [0.15, 0.2) is 0 Å². The number of nitrogens with one attached hydrogen (secondary N) is 1. The number of ether oxygens (including phenoxy) is 1. The van der Waals surface area contributed by atoms with E-state index in [1.165, 1.54) is 0 Å². The zero-order valence-corrected chi connectivity index (χ0v) is 10.4. The summed E-state index contributed by atoms with van der Waals surface area (Å²) in [5.74, 6) is 0.726. The van der Waals surface area contributed by atoms with Gasteiger partial charge in [-0.2, -0.15) is 0 Å². The number of morpholine rings is 1. The van der Waals surface area contributed by atoms with Crippen LogP contribution in [0.2, 0.25) is 0 Å². The molecule has 3 heterocycles. The van der Waals surface area contributed by atoms with Gasteiger partial charge < -0.3 is 15.0 Å². The fourth-order valence-corrected chi connectivity index (χ4v) is 2.64. The summed E-state index contributed by atoms with van der Waals surface area (Å²) < 4.78 is 5.73. The highest BCUT2D eigenvalue weighted by Gasteiger charge is 2.36. The molecule has 2 aliphatic heterocycles. The monoisotopic (exact) mass is 247 g/mol. The number of anilines is 1. The molecule has 2 bridgehead atoms. The molecule has 2 saturated heterocycles. The summed E-state index contributed by atoms with van der Waals surface area (Å²) in [6.45, 7) is 1.39. The molecular formula is C13H17N3O2. The van der Waals surface area contributed by atoms with E-state index in [1.54, 1.807) is 13.1 Å². The van der Waals surface area contributed by atoms with E-state index in [0.29, 0.717) is 18.8 Å². The van der Waals surface area contributed by atoms with Gasteiger partial charge in [0.2, 0.25) is 0 Å². The minimum absolute atomic E-state index is 0.00676. The predicted octanol–water partition coefficient (Wildman–Crippen LogP) is 1.13. The minimum atomic E-state index is 0.00676. The molecule has 2 atom stereocenters. The molecule has 0 saturated carbocycles. The van der Waals surface area contributed by atoms with Gasteiger partial charge in [-0.15, -0.1) is 0 Å². The topological polar surface area (TPSA) is 54.5 Å². The third-order valence-electron chi connectivity index (χ3n) is 3.56. The molecule has 5 heteroatoms. The van der Waals surface area contributed by atoms with Gasteiger partial charge in [0.1, 0.15) is 11.5 Å². The first-order chi connectivity index (χ1) is 8.76. The molecule has 1 aromatic rings. The average molecular weight is 247 g/mol. The van der Waals surface area contributed by atoms with E-state index in [4.69, 9.17) is 4.74 Å². The second-order valence-electron chi connectivity index (χ2n) is 4.83. The molecule has 18 heavy (non-hydrogen) atoms. The van der Waals surface area contributed by atoms with Gasteiger partial charge in [0.25, 0.3) is 5.91 Å². The number of hydrogen-bond donors (Lipinski definition) is 1. The highest BCUT2D eigenvalue weighted by atomic mass is 16.5. The Morgan fingerprint density at radius 1 is 1.39 bits per heavy atom. The third kappa shape index (κ3) is 2.06. The number of aromatic nitrogens is 1. The van der Waals surface area contributed by atoms with Gasteiger partial charge in [-0.05, 0) is 25.0 Å². The first-order valence-corrected chi connectivity index (χ1v) is 6.36. The largest absolute Gasteiger partial charge is 0.373 e. The predicted molar refractivity (Wildman–Crippen MR) is 67.6 cm³/mol. The lowest BCUT2D eigenvalue weighted by molar-refractivity contribution is -0.0305. The molecule has 1 aromatic heterocycles. The summed E-state index contributed by atoms with van der Waals surface area (Å²) in [7, 11) is 1.80. The minimum Gasteiger partial charge on any atom is -0.373 e. The molecule has 2 fully saturated rings. The molecule has 5 nitrogen and oxygen atoms in total. The molecule has 0 aliphatic carbocycles. The summed E-state index contributed by atoms with van der Waals surface area (Å²) in [5.41, 5.74) is 0.503. The van der Waals surface area contributed by atoms with Crippen LogP contribution in [-0.4, -0.2) is 48.1 Å². The summed E-state index contributed by atoms with van der Waals surface area (Å²) in [5, 5.41) is 2.95. The smallest absolute Gasteiger partial charge is 0.272 e. The highest BCUT2D eigenvalue weighted by molar-refractivity contribution is 5.92. The Morgan fingerprint density at radius 2 is 2.11 bits per heavy atom. The number of amides is 1. The Kier molecular flexibility index (Phi) is 2.91. The lowest BCUT2D eigenvalue weighted by Crippen LogP contribution is -2.46. The summed E-state index contributed by atoms with van der Waals surface area (Å²) in [6, 6.07) is 5.46. The molecule has 96 valence electrons. The molecule has 0 spiro atoms.